The second-order valence-corrected chi connectivity index (χ2v) is 4.22. The summed E-state index contributed by atoms with van der Waals surface area (Å²) in [4.78, 5) is 4.21. The van der Waals surface area contributed by atoms with Crippen molar-refractivity contribution in [2.45, 2.75) is 52.5 Å². The molecular formula is C14H24N2. The maximum Gasteiger partial charge on any atom is 0.0323 e. The van der Waals surface area contributed by atoms with Crippen LogP contribution in [-0.2, 0) is 6.42 Å². The lowest BCUT2D eigenvalue weighted by Gasteiger charge is -2.20. The molecule has 0 aliphatic heterocycles. The fourth-order valence-corrected chi connectivity index (χ4v) is 2.05. The van der Waals surface area contributed by atoms with Gasteiger partial charge in [-0.15, -0.1) is 0 Å². The molecule has 0 bridgehead atoms. The van der Waals surface area contributed by atoms with E-state index in [0.29, 0.717) is 6.04 Å². The quantitative estimate of drug-likeness (QED) is 0.761. The first-order valence-corrected chi connectivity index (χ1v) is 6.49. The van der Waals surface area contributed by atoms with Crippen LogP contribution in [-0.4, -0.2) is 11.5 Å². The van der Waals surface area contributed by atoms with Crippen molar-refractivity contribution >= 4 is 0 Å². The average Bonchev–Trinajstić information content (AvgIpc) is 2.34. The fraction of sp³-hybridized carbons (Fsp3) is 0.643. The minimum Gasteiger partial charge on any atom is -0.310 e. The second kappa shape index (κ2) is 7.39. The van der Waals surface area contributed by atoms with Crippen molar-refractivity contribution < 1.29 is 0 Å². The minimum atomic E-state index is 0.503. The van der Waals surface area contributed by atoms with Gasteiger partial charge in [0.15, 0.2) is 0 Å². The van der Waals surface area contributed by atoms with Crippen molar-refractivity contribution in [1.29, 1.82) is 0 Å². The third-order valence-electron chi connectivity index (χ3n) is 2.92. The van der Waals surface area contributed by atoms with Gasteiger partial charge in [-0.25, -0.2) is 0 Å². The molecule has 0 radical (unpaired) electrons. The zero-order chi connectivity index (χ0) is 11.8. The van der Waals surface area contributed by atoms with Crippen LogP contribution in [0.5, 0.6) is 0 Å². The normalized spacial score (nSPS) is 12.7. The molecule has 1 aromatic heterocycles. The molecule has 2 nitrogen and oxygen atoms in total. The largest absolute Gasteiger partial charge is 0.310 e. The summed E-state index contributed by atoms with van der Waals surface area (Å²) in [5.74, 6) is 0. The first-order valence-electron chi connectivity index (χ1n) is 6.49. The molecule has 2 heteroatoms. The Hall–Kier alpha value is -0.890. The van der Waals surface area contributed by atoms with Crippen LogP contribution in [0.3, 0.4) is 0 Å². The van der Waals surface area contributed by atoms with Crippen LogP contribution in [0.2, 0.25) is 0 Å². The molecular weight excluding hydrogens is 196 g/mol. The van der Waals surface area contributed by atoms with Crippen LogP contribution in [0.25, 0.3) is 0 Å². The topological polar surface area (TPSA) is 24.9 Å². The third-order valence-corrected chi connectivity index (χ3v) is 2.92. The maximum atomic E-state index is 4.21. The smallest absolute Gasteiger partial charge is 0.0323 e. The highest BCUT2D eigenvalue weighted by molar-refractivity contribution is 5.26. The lowest BCUT2D eigenvalue weighted by molar-refractivity contribution is 0.490. The van der Waals surface area contributed by atoms with Crippen LogP contribution in [0.15, 0.2) is 18.5 Å². The van der Waals surface area contributed by atoms with E-state index < -0.39 is 0 Å². The lowest BCUT2D eigenvalue weighted by Crippen LogP contribution is -2.23. The van der Waals surface area contributed by atoms with Crippen LogP contribution < -0.4 is 5.32 Å². The van der Waals surface area contributed by atoms with Gasteiger partial charge in [0.05, 0.1) is 0 Å². The zero-order valence-electron chi connectivity index (χ0n) is 10.8. The number of nitrogens with one attached hydrogen (secondary N) is 1. The first-order chi connectivity index (χ1) is 7.83. The van der Waals surface area contributed by atoms with E-state index in [0.717, 1.165) is 13.0 Å². The number of hydrogen-bond donors (Lipinski definition) is 1. The fourth-order valence-electron chi connectivity index (χ4n) is 2.05. The van der Waals surface area contributed by atoms with E-state index in [1.165, 1.54) is 30.4 Å². The molecule has 1 N–H and O–H groups in total. The van der Waals surface area contributed by atoms with Crippen LogP contribution in [0.4, 0.5) is 0 Å². The summed E-state index contributed by atoms with van der Waals surface area (Å²) in [6, 6.07) is 2.67. The van der Waals surface area contributed by atoms with Gasteiger partial charge in [-0.05, 0) is 43.0 Å². The van der Waals surface area contributed by atoms with E-state index in [4.69, 9.17) is 0 Å². The predicted octanol–water partition coefficient (Wildman–Crippen LogP) is 3.48. The van der Waals surface area contributed by atoms with Crippen LogP contribution in [0, 0.1) is 0 Å². The molecule has 16 heavy (non-hydrogen) atoms. The van der Waals surface area contributed by atoms with E-state index in [1.54, 1.807) is 0 Å². The van der Waals surface area contributed by atoms with Gasteiger partial charge in [-0.2, -0.15) is 0 Å². The molecule has 0 amide bonds. The van der Waals surface area contributed by atoms with Crippen molar-refractivity contribution in [2.24, 2.45) is 0 Å². The number of pyridine rings is 1. The van der Waals surface area contributed by atoms with E-state index >= 15 is 0 Å². The molecule has 0 saturated heterocycles. The molecule has 0 aliphatic rings. The Labute approximate surface area is 99.5 Å². The summed E-state index contributed by atoms with van der Waals surface area (Å²) in [6.07, 6.45) is 8.59. The zero-order valence-corrected chi connectivity index (χ0v) is 10.8. The van der Waals surface area contributed by atoms with Gasteiger partial charge in [0.1, 0.15) is 0 Å². The molecule has 0 aromatic carbocycles. The minimum absolute atomic E-state index is 0.503. The summed E-state index contributed by atoms with van der Waals surface area (Å²) in [6.45, 7) is 7.75. The van der Waals surface area contributed by atoms with Gasteiger partial charge in [0.25, 0.3) is 0 Å². The predicted molar refractivity (Wildman–Crippen MR) is 69.6 cm³/mol. The Balaban J connectivity index is 2.81. The Morgan fingerprint density at radius 3 is 2.69 bits per heavy atom. The lowest BCUT2D eigenvalue weighted by atomic mass is 9.97. The van der Waals surface area contributed by atoms with Gasteiger partial charge >= 0.3 is 0 Å². The van der Waals surface area contributed by atoms with Crippen molar-refractivity contribution in [1.82, 2.24) is 10.3 Å². The number of nitrogens with zero attached hydrogens (tertiary/aromatic N) is 1. The second-order valence-electron chi connectivity index (χ2n) is 4.22. The van der Waals surface area contributed by atoms with Crippen molar-refractivity contribution in [2.75, 3.05) is 6.54 Å². The summed E-state index contributed by atoms with van der Waals surface area (Å²) < 4.78 is 0. The number of hydrogen-bond acceptors (Lipinski definition) is 2. The van der Waals surface area contributed by atoms with Gasteiger partial charge in [-0.1, -0.05) is 27.2 Å². The highest BCUT2D eigenvalue weighted by atomic mass is 14.9. The van der Waals surface area contributed by atoms with Crippen molar-refractivity contribution in [3.05, 3.63) is 29.6 Å². The summed E-state index contributed by atoms with van der Waals surface area (Å²) in [5, 5.41) is 3.63. The van der Waals surface area contributed by atoms with Crippen LogP contribution >= 0.6 is 0 Å². The van der Waals surface area contributed by atoms with Crippen molar-refractivity contribution in [3.8, 4) is 0 Å². The molecule has 0 saturated carbocycles. The molecule has 1 aromatic rings. The highest BCUT2D eigenvalue weighted by Gasteiger charge is 2.12. The summed E-state index contributed by atoms with van der Waals surface area (Å²) >= 11 is 0. The van der Waals surface area contributed by atoms with E-state index in [-0.39, 0.29) is 0 Å². The standard InChI is InChI=1S/C14H24N2/c1-4-7-14(16-9-5-2)13-8-10-15-11-12(13)6-3/h8,10-11,14,16H,4-7,9H2,1-3H3. The Kier molecular flexibility index (Phi) is 6.09. The molecule has 0 fully saturated rings. The SMILES string of the molecule is CCCNC(CCC)c1ccncc1CC. The number of aryl methyl sites for hydroxylation is 1. The molecule has 1 unspecified atom stereocenters. The van der Waals surface area contributed by atoms with E-state index in [1.807, 2.05) is 12.4 Å². The summed E-state index contributed by atoms with van der Waals surface area (Å²) in [5.41, 5.74) is 2.82. The molecule has 0 spiro atoms. The van der Waals surface area contributed by atoms with Crippen LogP contribution in [0.1, 0.15) is 57.2 Å². The maximum absolute atomic E-state index is 4.21. The Morgan fingerprint density at radius 2 is 2.06 bits per heavy atom. The van der Waals surface area contributed by atoms with Gasteiger partial charge < -0.3 is 5.32 Å². The first kappa shape index (κ1) is 13.2. The molecule has 90 valence electrons. The van der Waals surface area contributed by atoms with E-state index in [9.17, 15) is 0 Å². The molecule has 0 aliphatic carbocycles. The Bertz CT molecular complexity index is 297. The van der Waals surface area contributed by atoms with Gasteiger partial charge in [-0.3, -0.25) is 4.98 Å². The molecule has 1 rings (SSSR count). The summed E-state index contributed by atoms with van der Waals surface area (Å²) in [7, 11) is 0. The number of aromatic nitrogens is 1. The number of rotatable bonds is 7. The average molecular weight is 220 g/mol. The molecule has 1 atom stereocenters. The highest BCUT2D eigenvalue weighted by Crippen LogP contribution is 2.22. The molecule has 1 heterocycles. The van der Waals surface area contributed by atoms with Gasteiger partial charge in [0, 0.05) is 18.4 Å². The third kappa shape index (κ3) is 3.60. The van der Waals surface area contributed by atoms with Gasteiger partial charge in [0.2, 0.25) is 0 Å². The van der Waals surface area contributed by atoms with Crippen molar-refractivity contribution in [3.63, 3.8) is 0 Å². The van der Waals surface area contributed by atoms with E-state index in [2.05, 4.69) is 37.1 Å². The monoisotopic (exact) mass is 220 g/mol. The Morgan fingerprint density at radius 1 is 1.25 bits per heavy atom.